The van der Waals surface area contributed by atoms with Gasteiger partial charge in [-0.25, -0.2) is 0 Å². The van der Waals surface area contributed by atoms with Crippen molar-refractivity contribution in [1.29, 1.82) is 0 Å². The smallest absolute Gasteiger partial charge is 0.0952 e. The van der Waals surface area contributed by atoms with Crippen LogP contribution in [-0.2, 0) is 4.57 Å². The van der Waals surface area contributed by atoms with Crippen molar-refractivity contribution >= 4 is 7.14 Å². The van der Waals surface area contributed by atoms with Gasteiger partial charge in [0.15, 0.2) is 0 Å². The molecule has 3 N–H and O–H groups in total. The lowest BCUT2D eigenvalue weighted by atomic mass is 10.5. The third-order valence-electron chi connectivity index (χ3n) is 1.79. The summed E-state index contributed by atoms with van der Waals surface area (Å²) in [5.74, 6) is 0. The lowest BCUT2D eigenvalue weighted by molar-refractivity contribution is 0.202. The maximum Gasteiger partial charge on any atom is 0.0952 e. The van der Waals surface area contributed by atoms with Crippen molar-refractivity contribution in [2.24, 2.45) is 0 Å². The van der Waals surface area contributed by atoms with Gasteiger partial charge in [0.1, 0.15) is 0 Å². The van der Waals surface area contributed by atoms with Crippen LogP contribution >= 0.6 is 7.14 Å². The summed E-state index contributed by atoms with van der Waals surface area (Å²) < 4.78 is 12.2. The van der Waals surface area contributed by atoms with E-state index >= 15 is 0 Å². The summed E-state index contributed by atoms with van der Waals surface area (Å²) in [5, 5.41) is 27.5. The molecular weight excluding hydrogens is 203 g/mol. The Kier molecular flexibility index (Phi) is 5.91. The van der Waals surface area contributed by atoms with Crippen molar-refractivity contribution < 1.29 is 19.9 Å². The lowest BCUT2D eigenvalue weighted by Crippen LogP contribution is -2.21. The molecular formula is C9H21O4P. The van der Waals surface area contributed by atoms with Crippen molar-refractivity contribution in [1.82, 2.24) is 0 Å². The summed E-state index contributed by atoms with van der Waals surface area (Å²) in [7, 11) is -2.64. The Morgan fingerprint density at radius 1 is 0.857 bits per heavy atom. The first-order valence-corrected chi connectivity index (χ1v) is 7.13. The highest BCUT2D eigenvalue weighted by Crippen LogP contribution is 2.47. The minimum absolute atomic E-state index is 0.169. The zero-order valence-electron chi connectivity index (χ0n) is 9.05. The van der Waals surface area contributed by atoms with Crippen molar-refractivity contribution in [3.05, 3.63) is 0 Å². The van der Waals surface area contributed by atoms with Crippen molar-refractivity contribution in [3.8, 4) is 0 Å². The van der Waals surface area contributed by atoms with E-state index < -0.39 is 25.5 Å². The molecule has 14 heavy (non-hydrogen) atoms. The van der Waals surface area contributed by atoms with Gasteiger partial charge < -0.3 is 19.9 Å². The quantitative estimate of drug-likeness (QED) is 0.574. The van der Waals surface area contributed by atoms with Crippen LogP contribution < -0.4 is 0 Å². The highest BCUT2D eigenvalue weighted by Gasteiger charge is 2.27. The van der Waals surface area contributed by atoms with Gasteiger partial charge in [0.2, 0.25) is 0 Å². The van der Waals surface area contributed by atoms with E-state index in [2.05, 4.69) is 0 Å². The van der Waals surface area contributed by atoms with Crippen LogP contribution in [0.15, 0.2) is 0 Å². The second-order valence-electron chi connectivity index (χ2n) is 4.15. The molecule has 0 aliphatic rings. The van der Waals surface area contributed by atoms with E-state index in [9.17, 15) is 19.9 Å². The molecule has 0 spiro atoms. The fraction of sp³-hybridized carbons (Fsp3) is 1.00. The molecule has 0 amide bonds. The first-order chi connectivity index (χ1) is 6.25. The summed E-state index contributed by atoms with van der Waals surface area (Å²) in [5.41, 5.74) is 0. The minimum atomic E-state index is -2.64. The third kappa shape index (κ3) is 6.55. The fourth-order valence-electron chi connectivity index (χ4n) is 1.67. The van der Waals surface area contributed by atoms with Gasteiger partial charge in [0.25, 0.3) is 0 Å². The Hall–Kier alpha value is 0.110. The fourth-order valence-corrected chi connectivity index (χ4v) is 5.00. The van der Waals surface area contributed by atoms with Crippen LogP contribution in [0.2, 0.25) is 0 Å². The highest BCUT2D eigenvalue weighted by molar-refractivity contribution is 7.64. The normalized spacial score (nSPS) is 22.4. The van der Waals surface area contributed by atoms with Crippen LogP contribution in [0.25, 0.3) is 0 Å². The molecule has 0 rings (SSSR count). The number of aliphatic hydroxyl groups is 3. The van der Waals surface area contributed by atoms with Crippen LogP contribution in [0.5, 0.6) is 0 Å². The number of hydrogen-bond acceptors (Lipinski definition) is 4. The van der Waals surface area contributed by atoms with E-state index in [0.717, 1.165) is 0 Å². The van der Waals surface area contributed by atoms with Crippen LogP contribution in [0, 0.1) is 0 Å². The first kappa shape index (κ1) is 14.1. The molecule has 0 aromatic heterocycles. The van der Waals surface area contributed by atoms with E-state index in [1.165, 1.54) is 0 Å². The summed E-state index contributed by atoms with van der Waals surface area (Å²) in [6, 6.07) is 0. The Bertz CT molecular complexity index is 168. The molecule has 0 bridgehead atoms. The first-order valence-electron chi connectivity index (χ1n) is 4.86. The Labute approximate surface area is 85.3 Å². The molecule has 0 fully saturated rings. The van der Waals surface area contributed by atoms with Crippen LogP contribution in [-0.4, -0.2) is 52.1 Å². The Morgan fingerprint density at radius 2 is 1.07 bits per heavy atom. The van der Waals surface area contributed by atoms with E-state index in [1.54, 1.807) is 20.8 Å². The van der Waals surface area contributed by atoms with Crippen molar-refractivity contribution in [3.63, 3.8) is 0 Å². The topological polar surface area (TPSA) is 77.8 Å². The van der Waals surface area contributed by atoms with Gasteiger partial charge in [-0.05, 0) is 20.8 Å². The van der Waals surface area contributed by atoms with Gasteiger partial charge in [0, 0.05) is 18.5 Å². The molecule has 5 heteroatoms. The molecule has 0 aromatic carbocycles. The summed E-state index contributed by atoms with van der Waals surface area (Å²) in [6.45, 7) is 4.70. The average molecular weight is 224 g/mol. The summed E-state index contributed by atoms with van der Waals surface area (Å²) in [4.78, 5) is 0. The van der Waals surface area contributed by atoms with E-state index in [-0.39, 0.29) is 18.5 Å². The van der Waals surface area contributed by atoms with Crippen LogP contribution in [0.4, 0.5) is 0 Å². The van der Waals surface area contributed by atoms with Crippen LogP contribution in [0.3, 0.4) is 0 Å². The predicted octanol–water partition coefficient (Wildman–Crippen LogP) is 0.492. The van der Waals surface area contributed by atoms with Gasteiger partial charge in [-0.1, -0.05) is 0 Å². The van der Waals surface area contributed by atoms with Gasteiger partial charge in [-0.2, -0.15) is 0 Å². The lowest BCUT2D eigenvalue weighted by Gasteiger charge is -2.22. The molecule has 0 aliphatic carbocycles. The highest BCUT2D eigenvalue weighted by atomic mass is 31.2. The largest absolute Gasteiger partial charge is 0.393 e. The second kappa shape index (κ2) is 5.86. The number of hydrogen-bond donors (Lipinski definition) is 3. The van der Waals surface area contributed by atoms with Gasteiger partial charge in [-0.15, -0.1) is 0 Å². The SMILES string of the molecule is CC(O)CP(=O)(CC(C)O)CC(C)O. The molecule has 0 heterocycles. The molecule has 0 saturated carbocycles. The van der Waals surface area contributed by atoms with E-state index in [4.69, 9.17) is 0 Å². The molecule has 3 unspecified atom stereocenters. The predicted molar refractivity (Wildman–Crippen MR) is 57.2 cm³/mol. The van der Waals surface area contributed by atoms with Crippen LogP contribution in [0.1, 0.15) is 20.8 Å². The Morgan fingerprint density at radius 3 is 1.21 bits per heavy atom. The van der Waals surface area contributed by atoms with Crippen molar-refractivity contribution in [2.45, 2.75) is 39.1 Å². The maximum atomic E-state index is 12.2. The summed E-state index contributed by atoms with van der Waals surface area (Å²) in [6.07, 6.45) is -1.45. The van der Waals surface area contributed by atoms with E-state index in [0.29, 0.717) is 0 Å². The molecule has 0 aliphatic heterocycles. The van der Waals surface area contributed by atoms with E-state index in [1.807, 2.05) is 0 Å². The molecule has 4 nitrogen and oxygen atoms in total. The van der Waals surface area contributed by atoms with Gasteiger partial charge in [-0.3, -0.25) is 0 Å². The monoisotopic (exact) mass is 224 g/mol. The summed E-state index contributed by atoms with van der Waals surface area (Å²) >= 11 is 0. The number of rotatable bonds is 6. The zero-order chi connectivity index (χ0) is 11.4. The zero-order valence-corrected chi connectivity index (χ0v) is 9.94. The van der Waals surface area contributed by atoms with Gasteiger partial charge in [0.05, 0.1) is 25.5 Å². The second-order valence-corrected chi connectivity index (χ2v) is 7.36. The molecule has 86 valence electrons. The minimum Gasteiger partial charge on any atom is -0.393 e. The molecule has 3 atom stereocenters. The molecule has 0 aromatic rings. The molecule has 0 radical (unpaired) electrons. The Balaban J connectivity index is 4.41. The van der Waals surface area contributed by atoms with Crippen molar-refractivity contribution in [2.75, 3.05) is 18.5 Å². The average Bonchev–Trinajstić information content (AvgIpc) is 1.76. The maximum absolute atomic E-state index is 12.2. The third-order valence-corrected chi connectivity index (χ3v) is 5.37. The molecule has 0 saturated heterocycles. The standard InChI is InChI=1S/C9H21O4P/c1-7(10)4-14(13,5-8(2)11)6-9(3)12/h7-12H,4-6H2,1-3H3. The number of aliphatic hydroxyl groups excluding tert-OH is 3. The van der Waals surface area contributed by atoms with Gasteiger partial charge >= 0.3 is 0 Å².